The highest BCUT2D eigenvalue weighted by Crippen LogP contribution is 2.29. The molecule has 1 aromatic carbocycles. The van der Waals surface area contributed by atoms with Gasteiger partial charge in [-0.15, -0.1) is 11.3 Å². The maximum atomic E-state index is 12.8. The van der Waals surface area contributed by atoms with Crippen LogP contribution in [0.2, 0.25) is 5.02 Å². The molecule has 2 aromatic rings. The van der Waals surface area contributed by atoms with Gasteiger partial charge in [0.25, 0.3) is 10.0 Å². The minimum absolute atomic E-state index is 0.169. The van der Waals surface area contributed by atoms with E-state index in [1.54, 1.807) is 30.3 Å². The fourth-order valence-electron chi connectivity index (χ4n) is 3.03. The first-order chi connectivity index (χ1) is 12.3. The lowest BCUT2D eigenvalue weighted by molar-refractivity contribution is -0.120. The lowest BCUT2D eigenvalue weighted by Crippen LogP contribution is -2.43. The van der Waals surface area contributed by atoms with E-state index >= 15 is 0 Å². The van der Waals surface area contributed by atoms with Gasteiger partial charge in [0, 0.05) is 28.7 Å². The van der Waals surface area contributed by atoms with Crippen LogP contribution in [0.3, 0.4) is 0 Å². The second kappa shape index (κ2) is 7.68. The van der Waals surface area contributed by atoms with Crippen LogP contribution in [0.4, 0.5) is 5.69 Å². The maximum Gasteiger partial charge on any atom is 0.252 e. The topological polar surface area (TPSA) is 66.5 Å². The number of anilines is 1. The number of hydrogen-bond donors (Lipinski definition) is 1. The van der Waals surface area contributed by atoms with Gasteiger partial charge in [-0.3, -0.25) is 4.79 Å². The van der Waals surface area contributed by atoms with Gasteiger partial charge in [-0.2, -0.15) is 4.31 Å². The molecule has 0 bridgehead atoms. The van der Waals surface area contributed by atoms with E-state index in [-0.39, 0.29) is 18.4 Å². The van der Waals surface area contributed by atoms with Crippen molar-refractivity contribution < 1.29 is 13.2 Å². The molecule has 1 N–H and O–H groups in total. The fourth-order valence-corrected chi connectivity index (χ4v) is 6.17. The first kappa shape index (κ1) is 19.4. The second-order valence-corrected chi connectivity index (χ2v) is 10.3. The van der Waals surface area contributed by atoms with Crippen molar-refractivity contribution in [3.8, 4) is 0 Å². The summed E-state index contributed by atoms with van der Waals surface area (Å²) in [7, 11) is -3.54. The number of nitrogens with one attached hydrogen (secondary N) is 1. The molecule has 0 aliphatic carbocycles. The molecule has 0 spiro atoms. The van der Waals surface area contributed by atoms with Gasteiger partial charge in [-0.05, 0) is 56.5 Å². The Hall–Kier alpha value is -1.41. The van der Waals surface area contributed by atoms with E-state index in [9.17, 15) is 13.2 Å². The minimum atomic E-state index is -3.54. The molecule has 5 nitrogen and oxygen atoms in total. The van der Waals surface area contributed by atoms with Gasteiger partial charge in [0.2, 0.25) is 5.91 Å². The molecule has 26 heavy (non-hydrogen) atoms. The standard InChI is InChI=1S/C18H21ClN2O3S2/c1-12-8-9-17(25-12)26(23,24)21-10-4-5-14(11-21)18(22)20-16-7-3-6-15(19)13(16)2/h3,6-9,14H,4-5,10-11H2,1-2H3,(H,20,22)/t14-/m1/s1. The lowest BCUT2D eigenvalue weighted by atomic mass is 9.98. The molecule has 0 saturated carbocycles. The Morgan fingerprint density at radius 3 is 2.73 bits per heavy atom. The van der Waals surface area contributed by atoms with Crippen LogP contribution in [0.1, 0.15) is 23.3 Å². The molecule has 1 saturated heterocycles. The molecular formula is C18H21ClN2O3S2. The van der Waals surface area contributed by atoms with Crippen LogP contribution >= 0.6 is 22.9 Å². The van der Waals surface area contributed by atoms with Gasteiger partial charge < -0.3 is 5.32 Å². The summed E-state index contributed by atoms with van der Waals surface area (Å²) in [6.07, 6.45) is 1.33. The summed E-state index contributed by atoms with van der Waals surface area (Å²) >= 11 is 7.36. The summed E-state index contributed by atoms with van der Waals surface area (Å²) in [5.74, 6) is -0.546. The van der Waals surface area contributed by atoms with Crippen molar-refractivity contribution in [2.24, 2.45) is 5.92 Å². The predicted octanol–water partition coefficient (Wildman–Crippen LogP) is 4.06. The van der Waals surface area contributed by atoms with Gasteiger partial charge >= 0.3 is 0 Å². The van der Waals surface area contributed by atoms with Gasteiger partial charge in [-0.1, -0.05) is 17.7 Å². The van der Waals surface area contributed by atoms with E-state index in [4.69, 9.17) is 11.6 Å². The smallest absolute Gasteiger partial charge is 0.252 e. The Kier molecular flexibility index (Phi) is 5.72. The van der Waals surface area contributed by atoms with Crippen molar-refractivity contribution in [3.63, 3.8) is 0 Å². The zero-order chi connectivity index (χ0) is 18.9. The summed E-state index contributed by atoms with van der Waals surface area (Å²) < 4.78 is 27.4. The van der Waals surface area contributed by atoms with Crippen LogP contribution in [-0.2, 0) is 14.8 Å². The Bertz CT molecular complexity index is 924. The summed E-state index contributed by atoms with van der Waals surface area (Å²) in [6.45, 7) is 4.36. The van der Waals surface area contributed by atoms with Crippen LogP contribution < -0.4 is 5.32 Å². The third-order valence-corrected chi connectivity index (χ3v) is 8.33. The minimum Gasteiger partial charge on any atom is -0.326 e. The molecule has 1 fully saturated rings. The summed E-state index contributed by atoms with van der Waals surface area (Å²) in [6, 6.07) is 8.78. The molecule has 0 radical (unpaired) electrons. The van der Waals surface area contributed by atoms with Crippen molar-refractivity contribution in [2.45, 2.75) is 30.9 Å². The van der Waals surface area contributed by atoms with Gasteiger partial charge in [0.05, 0.1) is 5.92 Å². The highest BCUT2D eigenvalue weighted by Gasteiger charge is 2.34. The molecule has 8 heteroatoms. The molecular weight excluding hydrogens is 392 g/mol. The van der Waals surface area contributed by atoms with E-state index in [2.05, 4.69) is 5.32 Å². The molecule has 2 heterocycles. The highest BCUT2D eigenvalue weighted by molar-refractivity contribution is 7.91. The van der Waals surface area contributed by atoms with Crippen molar-refractivity contribution in [1.82, 2.24) is 4.31 Å². The Morgan fingerprint density at radius 1 is 1.27 bits per heavy atom. The average molecular weight is 413 g/mol. The molecule has 1 aliphatic rings. The van der Waals surface area contributed by atoms with Gasteiger partial charge in [-0.25, -0.2) is 8.42 Å². The Morgan fingerprint density at radius 2 is 2.04 bits per heavy atom. The number of benzene rings is 1. The third kappa shape index (κ3) is 3.96. The highest BCUT2D eigenvalue weighted by atomic mass is 35.5. The van der Waals surface area contributed by atoms with Crippen LogP contribution in [0, 0.1) is 19.8 Å². The third-order valence-electron chi connectivity index (χ3n) is 4.59. The first-order valence-electron chi connectivity index (χ1n) is 8.41. The zero-order valence-electron chi connectivity index (χ0n) is 14.7. The van der Waals surface area contributed by atoms with Crippen molar-refractivity contribution >= 4 is 44.6 Å². The summed E-state index contributed by atoms with van der Waals surface area (Å²) in [5, 5.41) is 3.48. The van der Waals surface area contributed by atoms with Crippen molar-refractivity contribution in [2.75, 3.05) is 18.4 Å². The van der Waals surface area contributed by atoms with E-state index in [0.717, 1.165) is 10.4 Å². The number of aryl methyl sites for hydroxylation is 1. The number of hydrogen-bond acceptors (Lipinski definition) is 4. The van der Waals surface area contributed by atoms with Crippen LogP contribution in [-0.4, -0.2) is 31.7 Å². The molecule has 0 unspecified atom stereocenters. The number of amides is 1. The van der Waals surface area contributed by atoms with E-state index in [0.29, 0.717) is 34.3 Å². The number of halogens is 1. The Labute approximate surface area is 163 Å². The second-order valence-electron chi connectivity index (χ2n) is 6.47. The van der Waals surface area contributed by atoms with Crippen LogP contribution in [0.15, 0.2) is 34.5 Å². The van der Waals surface area contributed by atoms with E-state index < -0.39 is 10.0 Å². The number of sulfonamides is 1. The number of nitrogens with zero attached hydrogens (tertiary/aromatic N) is 1. The average Bonchev–Trinajstić information content (AvgIpc) is 3.06. The fraction of sp³-hybridized carbons (Fsp3) is 0.389. The summed E-state index contributed by atoms with van der Waals surface area (Å²) in [5.41, 5.74) is 1.47. The van der Waals surface area contributed by atoms with Crippen molar-refractivity contribution in [3.05, 3.63) is 45.8 Å². The number of thiophene rings is 1. The van der Waals surface area contributed by atoms with Gasteiger partial charge in [0.1, 0.15) is 4.21 Å². The normalized spacial score (nSPS) is 18.7. The molecule has 1 atom stereocenters. The molecule has 1 amide bonds. The molecule has 1 aromatic heterocycles. The number of carbonyl (C=O) groups is 1. The number of carbonyl (C=O) groups excluding carboxylic acids is 1. The summed E-state index contributed by atoms with van der Waals surface area (Å²) in [4.78, 5) is 13.6. The molecule has 1 aliphatic heterocycles. The number of piperidine rings is 1. The largest absolute Gasteiger partial charge is 0.326 e. The predicted molar refractivity (Wildman–Crippen MR) is 105 cm³/mol. The Balaban J connectivity index is 1.74. The zero-order valence-corrected chi connectivity index (χ0v) is 17.0. The maximum absolute atomic E-state index is 12.8. The van der Waals surface area contributed by atoms with E-state index in [1.165, 1.54) is 15.6 Å². The van der Waals surface area contributed by atoms with Crippen LogP contribution in [0.5, 0.6) is 0 Å². The SMILES string of the molecule is Cc1ccc(S(=O)(=O)N2CCC[C@@H](C(=O)Nc3cccc(Cl)c3C)C2)s1. The van der Waals surface area contributed by atoms with Crippen molar-refractivity contribution in [1.29, 1.82) is 0 Å². The first-order valence-corrected chi connectivity index (χ1v) is 11.0. The molecule has 3 rings (SSSR count). The van der Waals surface area contributed by atoms with Gasteiger partial charge in [0.15, 0.2) is 0 Å². The monoisotopic (exact) mass is 412 g/mol. The van der Waals surface area contributed by atoms with E-state index in [1.807, 2.05) is 13.8 Å². The van der Waals surface area contributed by atoms with Crippen LogP contribution in [0.25, 0.3) is 0 Å². The number of rotatable bonds is 4. The molecule has 140 valence electrons. The lowest BCUT2D eigenvalue weighted by Gasteiger charge is -2.31. The quantitative estimate of drug-likeness (QED) is 0.823.